The van der Waals surface area contributed by atoms with Crippen LogP contribution >= 0.6 is 11.3 Å². The highest BCUT2D eigenvalue weighted by Crippen LogP contribution is 2.34. The first kappa shape index (κ1) is 24.1. The zero-order chi connectivity index (χ0) is 23.5. The maximum absolute atomic E-state index is 12.8. The van der Waals surface area contributed by atoms with Crippen molar-refractivity contribution in [2.24, 2.45) is 0 Å². The van der Waals surface area contributed by atoms with Crippen molar-refractivity contribution in [3.63, 3.8) is 0 Å². The second-order valence-electron chi connectivity index (χ2n) is 7.41. The maximum atomic E-state index is 12.8. The number of carbonyl (C=O) groups excluding carboxylic acids is 2. The number of sulfonamides is 1. The van der Waals surface area contributed by atoms with E-state index in [0.717, 1.165) is 33.9 Å². The summed E-state index contributed by atoms with van der Waals surface area (Å²) < 4.78 is 33.2. The molecule has 0 aromatic carbocycles. The molecule has 1 saturated heterocycles. The lowest BCUT2D eigenvalue weighted by Gasteiger charge is -2.16. The van der Waals surface area contributed by atoms with Gasteiger partial charge in [0.1, 0.15) is 11.5 Å². The molecule has 0 bridgehead atoms. The molecule has 0 spiro atoms. The summed E-state index contributed by atoms with van der Waals surface area (Å²) in [5, 5.41) is 3.05. The van der Waals surface area contributed by atoms with E-state index in [2.05, 4.69) is 5.32 Å². The number of nitrogens with one attached hydrogen (secondary N) is 1. The van der Waals surface area contributed by atoms with E-state index in [1.165, 1.54) is 27.9 Å². The van der Waals surface area contributed by atoms with Gasteiger partial charge in [-0.25, -0.2) is 13.2 Å². The summed E-state index contributed by atoms with van der Waals surface area (Å²) in [6.07, 6.45) is 3.38. The molecule has 1 aliphatic heterocycles. The fourth-order valence-electron chi connectivity index (χ4n) is 3.70. The third kappa shape index (κ3) is 4.94. The Hall–Kier alpha value is -2.50. The van der Waals surface area contributed by atoms with Crippen LogP contribution in [-0.2, 0) is 32.5 Å². The molecule has 174 valence electrons. The number of carbonyl (C=O) groups is 2. The molecule has 0 radical (unpaired) electrons. The number of hydrogen-bond donors (Lipinski definition) is 1. The lowest BCUT2D eigenvalue weighted by Crippen LogP contribution is -2.31. The lowest BCUT2D eigenvalue weighted by atomic mass is 10.1. The van der Waals surface area contributed by atoms with Gasteiger partial charge >= 0.3 is 5.97 Å². The van der Waals surface area contributed by atoms with Gasteiger partial charge in [-0.15, -0.1) is 11.3 Å². The zero-order valence-corrected chi connectivity index (χ0v) is 20.0. The minimum absolute atomic E-state index is 0.0285. The van der Waals surface area contributed by atoms with E-state index >= 15 is 0 Å². The molecular weight excluding hydrogens is 454 g/mol. The average molecular weight is 482 g/mol. The van der Waals surface area contributed by atoms with Crippen LogP contribution in [0, 0.1) is 6.92 Å². The second-order valence-corrected chi connectivity index (χ2v) is 10.6. The van der Waals surface area contributed by atoms with Crippen molar-refractivity contribution in [3.05, 3.63) is 44.7 Å². The second kappa shape index (κ2) is 9.97. The predicted molar refractivity (Wildman–Crippen MR) is 122 cm³/mol. The van der Waals surface area contributed by atoms with Crippen LogP contribution in [0.5, 0.6) is 0 Å². The molecule has 2 aromatic heterocycles. The van der Waals surface area contributed by atoms with Crippen molar-refractivity contribution in [2.75, 3.05) is 25.0 Å². The number of nitrogens with zero attached hydrogens (tertiary/aromatic N) is 2. The molecular formula is C21H27N3O6S2. The minimum Gasteiger partial charge on any atom is -0.462 e. The molecule has 0 saturated carbocycles. The first-order valence-corrected chi connectivity index (χ1v) is 12.7. The Bertz CT molecular complexity index is 1180. The van der Waals surface area contributed by atoms with E-state index in [4.69, 9.17) is 4.74 Å². The van der Waals surface area contributed by atoms with Crippen LogP contribution < -0.4 is 10.9 Å². The van der Waals surface area contributed by atoms with Crippen molar-refractivity contribution in [2.45, 2.75) is 51.5 Å². The topological polar surface area (TPSA) is 115 Å². The Morgan fingerprint density at radius 3 is 2.50 bits per heavy atom. The third-order valence-corrected chi connectivity index (χ3v) is 8.21. The van der Waals surface area contributed by atoms with E-state index in [9.17, 15) is 22.8 Å². The van der Waals surface area contributed by atoms with E-state index in [1.54, 1.807) is 6.92 Å². The summed E-state index contributed by atoms with van der Waals surface area (Å²) in [4.78, 5) is 38.3. The normalized spacial score (nSPS) is 14.5. The van der Waals surface area contributed by atoms with Crippen LogP contribution in [0.25, 0.3) is 0 Å². The largest absolute Gasteiger partial charge is 0.462 e. The molecule has 11 heteroatoms. The number of anilines is 1. The molecule has 3 heterocycles. The van der Waals surface area contributed by atoms with E-state index in [1.807, 2.05) is 13.8 Å². The molecule has 1 amide bonds. The quantitative estimate of drug-likeness (QED) is 0.579. The number of hydrogen-bond acceptors (Lipinski definition) is 7. The van der Waals surface area contributed by atoms with Gasteiger partial charge in [-0.05, 0) is 44.7 Å². The number of ether oxygens (including phenoxy) is 1. The molecule has 2 aromatic rings. The zero-order valence-electron chi connectivity index (χ0n) is 18.3. The Morgan fingerprint density at radius 1 is 1.19 bits per heavy atom. The lowest BCUT2D eigenvalue weighted by molar-refractivity contribution is -0.116. The highest BCUT2D eigenvalue weighted by atomic mass is 32.2. The number of pyridine rings is 1. The molecule has 1 N–H and O–H groups in total. The van der Waals surface area contributed by atoms with Crippen molar-refractivity contribution in [1.29, 1.82) is 0 Å². The Morgan fingerprint density at radius 2 is 1.88 bits per heavy atom. The number of aromatic nitrogens is 1. The minimum atomic E-state index is -3.72. The maximum Gasteiger partial charge on any atom is 0.341 e. The van der Waals surface area contributed by atoms with E-state index in [-0.39, 0.29) is 18.0 Å². The number of rotatable bonds is 8. The van der Waals surface area contributed by atoms with Gasteiger partial charge in [-0.3, -0.25) is 9.59 Å². The van der Waals surface area contributed by atoms with Crippen LogP contribution in [0.15, 0.2) is 28.0 Å². The number of thiophene rings is 1. The van der Waals surface area contributed by atoms with Crippen LogP contribution in [0.1, 0.15) is 47.5 Å². The molecule has 3 rings (SSSR count). The summed E-state index contributed by atoms with van der Waals surface area (Å²) in [6, 6.07) is 2.41. The van der Waals surface area contributed by atoms with Gasteiger partial charge in [0.15, 0.2) is 0 Å². The van der Waals surface area contributed by atoms with Crippen molar-refractivity contribution < 1.29 is 22.7 Å². The monoisotopic (exact) mass is 481 g/mol. The van der Waals surface area contributed by atoms with Crippen LogP contribution in [0.2, 0.25) is 0 Å². The summed E-state index contributed by atoms with van der Waals surface area (Å²) in [5.74, 6) is -1.06. The average Bonchev–Trinajstić information content (AvgIpc) is 3.38. The number of aryl methyl sites for hydroxylation is 1. The molecule has 1 fully saturated rings. The SMILES string of the molecule is CCOC(=O)c1c(NC(=O)Cn2cc(S(=O)(=O)N3CCCC3)ccc2=O)sc(C)c1CC. The standard InChI is InChI=1S/C21H27N3O6S2/c1-4-16-14(3)31-20(19(16)21(27)30-5-2)22-17(25)13-23-12-15(8-9-18(23)26)32(28,29)24-10-6-7-11-24/h8-9,12H,4-7,10-11,13H2,1-3H3,(H,22,25). The van der Waals surface area contributed by atoms with Crippen LogP contribution in [0.4, 0.5) is 5.00 Å². The highest BCUT2D eigenvalue weighted by molar-refractivity contribution is 7.89. The number of esters is 1. The van der Waals surface area contributed by atoms with Gasteiger partial charge in [0.05, 0.1) is 17.1 Å². The highest BCUT2D eigenvalue weighted by Gasteiger charge is 2.28. The third-order valence-electron chi connectivity index (χ3n) is 5.27. The molecule has 1 aliphatic rings. The van der Waals surface area contributed by atoms with E-state index < -0.39 is 27.5 Å². The van der Waals surface area contributed by atoms with E-state index in [0.29, 0.717) is 30.1 Å². The Kier molecular flexibility index (Phi) is 7.52. The molecule has 32 heavy (non-hydrogen) atoms. The first-order chi connectivity index (χ1) is 15.2. The van der Waals surface area contributed by atoms with Gasteiger partial charge in [0.2, 0.25) is 15.9 Å². The molecule has 0 atom stereocenters. The fourth-order valence-corrected chi connectivity index (χ4v) is 6.38. The first-order valence-electron chi connectivity index (χ1n) is 10.5. The van der Waals surface area contributed by atoms with Gasteiger partial charge in [-0.1, -0.05) is 6.92 Å². The number of amides is 1. The van der Waals surface area contributed by atoms with Gasteiger partial charge in [0, 0.05) is 30.2 Å². The summed E-state index contributed by atoms with van der Waals surface area (Å²) in [5.41, 5.74) is 0.630. The smallest absolute Gasteiger partial charge is 0.341 e. The van der Waals surface area contributed by atoms with Crippen molar-refractivity contribution in [3.8, 4) is 0 Å². The Labute approximate surface area is 191 Å². The van der Waals surface area contributed by atoms with Crippen LogP contribution in [-0.4, -0.2) is 48.9 Å². The predicted octanol–water partition coefficient (Wildman–Crippen LogP) is 2.38. The summed E-state index contributed by atoms with van der Waals surface area (Å²) in [7, 11) is -3.72. The Balaban J connectivity index is 1.84. The molecule has 9 nitrogen and oxygen atoms in total. The van der Waals surface area contributed by atoms with Gasteiger partial charge in [-0.2, -0.15) is 4.31 Å². The molecule has 0 unspecified atom stereocenters. The van der Waals surface area contributed by atoms with Gasteiger partial charge < -0.3 is 14.6 Å². The van der Waals surface area contributed by atoms with Crippen LogP contribution in [0.3, 0.4) is 0 Å². The molecule has 0 aliphatic carbocycles. The summed E-state index contributed by atoms with van der Waals surface area (Å²) in [6.45, 7) is 6.18. The fraction of sp³-hybridized carbons (Fsp3) is 0.476. The van der Waals surface area contributed by atoms with Crippen molar-refractivity contribution in [1.82, 2.24) is 8.87 Å². The van der Waals surface area contributed by atoms with Crippen molar-refractivity contribution >= 4 is 38.2 Å². The summed E-state index contributed by atoms with van der Waals surface area (Å²) >= 11 is 1.26. The van der Waals surface area contributed by atoms with Gasteiger partial charge in [0.25, 0.3) is 5.56 Å².